The SMILES string of the molecule is CC(Sc1nc2ccccc2c(=O)n1C1CCCC1)c1nc2ccccc2n1C(F)F. The van der Waals surface area contributed by atoms with Gasteiger partial charge in [0.15, 0.2) is 5.16 Å². The molecule has 2 aromatic heterocycles. The van der Waals surface area contributed by atoms with E-state index in [9.17, 15) is 13.6 Å². The van der Waals surface area contributed by atoms with Crippen molar-refractivity contribution in [2.45, 2.75) is 55.6 Å². The van der Waals surface area contributed by atoms with E-state index in [0.29, 0.717) is 27.1 Å². The van der Waals surface area contributed by atoms with E-state index in [1.165, 1.54) is 11.8 Å². The maximum absolute atomic E-state index is 13.9. The topological polar surface area (TPSA) is 52.7 Å². The van der Waals surface area contributed by atoms with Crippen LogP contribution in [0.4, 0.5) is 8.78 Å². The summed E-state index contributed by atoms with van der Waals surface area (Å²) in [7, 11) is 0. The fourth-order valence-corrected chi connectivity index (χ4v) is 5.54. The third kappa shape index (κ3) is 3.52. The number of nitrogens with zero attached hydrogens (tertiary/aromatic N) is 4. The Balaban J connectivity index is 1.62. The molecule has 0 radical (unpaired) electrons. The van der Waals surface area contributed by atoms with Crippen molar-refractivity contribution >= 4 is 33.7 Å². The smallest absolute Gasteiger partial charge is 0.284 e. The first-order valence-electron chi connectivity index (χ1n) is 10.5. The lowest BCUT2D eigenvalue weighted by Crippen LogP contribution is -2.26. The second-order valence-corrected chi connectivity index (χ2v) is 9.20. The van der Waals surface area contributed by atoms with Crippen molar-refractivity contribution in [1.29, 1.82) is 0 Å². The van der Waals surface area contributed by atoms with Gasteiger partial charge in [0.2, 0.25) is 0 Å². The molecule has 0 aliphatic heterocycles. The maximum Gasteiger partial charge on any atom is 0.320 e. The third-order valence-electron chi connectivity index (χ3n) is 5.93. The maximum atomic E-state index is 13.9. The molecule has 5 nitrogen and oxygen atoms in total. The quantitative estimate of drug-likeness (QED) is 0.278. The zero-order valence-corrected chi connectivity index (χ0v) is 17.9. The predicted octanol–water partition coefficient (Wildman–Crippen LogP) is 6.11. The molecular weight excluding hydrogens is 418 g/mol. The number of hydrogen-bond donors (Lipinski definition) is 0. The molecule has 1 saturated carbocycles. The number of halogens is 2. The molecule has 1 fully saturated rings. The molecule has 4 aromatic rings. The summed E-state index contributed by atoms with van der Waals surface area (Å²) in [5.74, 6) is 0.279. The molecule has 0 amide bonds. The van der Waals surface area contributed by atoms with Gasteiger partial charge in [0.25, 0.3) is 5.56 Å². The summed E-state index contributed by atoms with van der Waals surface area (Å²) in [5, 5.41) is 0.740. The minimum Gasteiger partial charge on any atom is -0.284 e. The lowest BCUT2D eigenvalue weighted by atomic mass is 10.2. The van der Waals surface area contributed by atoms with Crippen molar-refractivity contribution < 1.29 is 8.78 Å². The normalized spacial score (nSPS) is 16.0. The summed E-state index contributed by atoms with van der Waals surface area (Å²) >= 11 is 1.32. The van der Waals surface area contributed by atoms with E-state index >= 15 is 0 Å². The number of hydrogen-bond acceptors (Lipinski definition) is 4. The first-order chi connectivity index (χ1) is 15.0. The number of rotatable bonds is 5. The second-order valence-electron chi connectivity index (χ2n) is 7.89. The highest BCUT2D eigenvalue weighted by Crippen LogP contribution is 2.39. The van der Waals surface area contributed by atoms with Gasteiger partial charge >= 0.3 is 6.55 Å². The largest absolute Gasteiger partial charge is 0.320 e. The minimum atomic E-state index is -2.70. The van der Waals surface area contributed by atoms with Crippen molar-refractivity contribution in [3.05, 3.63) is 64.7 Å². The van der Waals surface area contributed by atoms with Crippen LogP contribution in [0.15, 0.2) is 58.5 Å². The Hall–Kier alpha value is -2.74. The molecule has 1 aliphatic carbocycles. The van der Waals surface area contributed by atoms with Crippen LogP contribution in [-0.4, -0.2) is 19.1 Å². The first kappa shape index (κ1) is 20.2. The van der Waals surface area contributed by atoms with Crippen LogP contribution >= 0.6 is 11.8 Å². The highest BCUT2D eigenvalue weighted by atomic mass is 32.2. The van der Waals surface area contributed by atoms with Gasteiger partial charge < -0.3 is 0 Å². The van der Waals surface area contributed by atoms with Crippen LogP contribution in [0.25, 0.3) is 21.9 Å². The molecule has 0 N–H and O–H groups in total. The van der Waals surface area contributed by atoms with E-state index in [-0.39, 0.29) is 17.4 Å². The van der Waals surface area contributed by atoms with E-state index < -0.39 is 11.8 Å². The number of para-hydroxylation sites is 3. The Bertz CT molecular complexity index is 1310. The highest BCUT2D eigenvalue weighted by molar-refractivity contribution is 7.99. The van der Waals surface area contributed by atoms with E-state index in [1.807, 2.05) is 25.1 Å². The lowest BCUT2D eigenvalue weighted by molar-refractivity contribution is 0.0715. The van der Waals surface area contributed by atoms with Crippen molar-refractivity contribution in [3.8, 4) is 0 Å². The van der Waals surface area contributed by atoms with Gasteiger partial charge in [0.05, 0.1) is 27.2 Å². The molecule has 0 bridgehead atoms. The fraction of sp³-hybridized carbons (Fsp3) is 0.348. The van der Waals surface area contributed by atoms with Gasteiger partial charge in [-0.3, -0.25) is 13.9 Å². The second kappa shape index (κ2) is 8.07. The van der Waals surface area contributed by atoms with Crippen LogP contribution < -0.4 is 5.56 Å². The Kier molecular flexibility index (Phi) is 5.25. The van der Waals surface area contributed by atoms with Crippen LogP contribution in [0.2, 0.25) is 0 Å². The molecule has 0 saturated heterocycles. The summed E-state index contributed by atoms with van der Waals surface area (Å²) < 4.78 is 30.6. The van der Waals surface area contributed by atoms with Crippen molar-refractivity contribution in [2.24, 2.45) is 0 Å². The monoisotopic (exact) mass is 440 g/mol. The van der Waals surface area contributed by atoms with Crippen LogP contribution in [0.1, 0.15) is 56.3 Å². The molecule has 8 heteroatoms. The lowest BCUT2D eigenvalue weighted by Gasteiger charge is -2.21. The summed E-state index contributed by atoms with van der Waals surface area (Å²) in [6.07, 6.45) is 4.00. The van der Waals surface area contributed by atoms with E-state index in [4.69, 9.17) is 4.98 Å². The number of imidazole rings is 1. The molecule has 160 valence electrons. The Morgan fingerprint density at radius 3 is 2.42 bits per heavy atom. The van der Waals surface area contributed by atoms with Crippen LogP contribution in [0.3, 0.4) is 0 Å². The van der Waals surface area contributed by atoms with E-state index in [1.54, 1.807) is 34.9 Å². The Morgan fingerprint density at radius 1 is 1.00 bits per heavy atom. The zero-order valence-electron chi connectivity index (χ0n) is 17.0. The molecule has 1 aliphatic rings. The minimum absolute atomic E-state index is 0.0606. The molecule has 31 heavy (non-hydrogen) atoms. The van der Waals surface area contributed by atoms with Gasteiger partial charge in [-0.1, -0.05) is 48.9 Å². The molecule has 0 spiro atoms. The molecule has 5 rings (SSSR count). The van der Waals surface area contributed by atoms with Gasteiger partial charge in [0.1, 0.15) is 5.82 Å². The van der Waals surface area contributed by atoms with Gasteiger partial charge in [-0.05, 0) is 44.0 Å². The van der Waals surface area contributed by atoms with Gasteiger partial charge in [0, 0.05) is 6.04 Å². The summed E-state index contributed by atoms with van der Waals surface area (Å²) in [6, 6.07) is 14.3. The van der Waals surface area contributed by atoms with Crippen molar-refractivity contribution in [1.82, 2.24) is 19.1 Å². The standard InChI is InChI=1S/C23H22F2N4OS/c1-14(20-26-18-12-6-7-13-19(18)29(20)22(24)25)31-23-27-17-11-5-4-10-16(17)21(30)28(23)15-8-2-3-9-15/h4-7,10-15,22H,2-3,8-9H2,1H3. The average Bonchev–Trinajstić information content (AvgIpc) is 3.42. The van der Waals surface area contributed by atoms with E-state index in [2.05, 4.69) is 4.98 Å². The summed E-state index contributed by atoms with van der Waals surface area (Å²) in [6.45, 7) is -0.863. The molecule has 2 heterocycles. The van der Waals surface area contributed by atoms with Crippen LogP contribution in [0.5, 0.6) is 0 Å². The highest BCUT2D eigenvalue weighted by Gasteiger charge is 2.27. The van der Waals surface area contributed by atoms with Crippen molar-refractivity contribution in [2.75, 3.05) is 0 Å². The third-order valence-corrected chi connectivity index (χ3v) is 6.99. The van der Waals surface area contributed by atoms with Gasteiger partial charge in [-0.2, -0.15) is 8.78 Å². The first-order valence-corrected chi connectivity index (χ1v) is 11.4. The predicted molar refractivity (Wildman–Crippen MR) is 119 cm³/mol. The van der Waals surface area contributed by atoms with Gasteiger partial charge in [-0.25, -0.2) is 9.97 Å². The summed E-state index contributed by atoms with van der Waals surface area (Å²) in [4.78, 5) is 22.6. The van der Waals surface area contributed by atoms with Crippen LogP contribution in [0, 0.1) is 0 Å². The number of aromatic nitrogens is 4. The Labute approximate surface area is 182 Å². The number of alkyl halides is 2. The summed E-state index contributed by atoms with van der Waals surface area (Å²) in [5.41, 5.74) is 1.50. The average molecular weight is 441 g/mol. The number of benzene rings is 2. The van der Waals surface area contributed by atoms with E-state index in [0.717, 1.165) is 30.3 Å². The fourth-order valence-electron chi connectivity index (χ4n) is 4.46. The zero-order chi connectivity index (χ0) is 21.5. The molecular formula is C23H22F2N4OS. The van der Waals surface area contributed by atoms with Gasteiger partial charge in [-0.15, -0.1) is 0 Å². The molecule has 2 aromatic carbocycles. The molecule has 1 atom stereocenters. The number of thioether (sulfide) groups is 1. The van der Waals surface area contributed by atoms with Crippen LogP contribution in [-0.2, 0) is 0 Å². The molecule has 1 unspecified atom stereocenters. The number of fused-ring (bicyclic) bond motifs is 2. The van der Waals surface area contributed by atoms with Crippen molar-refractivity contribution in [3.63, 3.8) is 0 Å². The Morgan fingerprint density at radius 2 is 1.68 bits per heavy atom.